The molecule has 1 aromatic heterocycles. The highest BCUT2D eigenvalue weighted by atomic mass is 19.4. The molecular weight excluding hydrogens is 219 g/mol. The van der Waals surface area contributed by atoms with E-state index in [1.165, 1.54) is 0 Å². The molecule has 1 aromatic rings. The molecule has 7 heteroatoms. The molecule has 1 rings (SSSR count). The monoisotopic (exact) mass is 226 g/mol. The Morgan fingerprint density at radius 3 is 2.33 bits per heavy atom. The minimum absolute atomic E-state index is 0.299. The molecule has 0 saturated heterocycles. The third kappa shape index (κ3) is 2.62. The summed E-state index contributed by atoms with van der Waals surface area (Å²) in [6.07, 6.45) is -7.00. The Kier molecular flexibility index (Phi) is 3.23. The fraction of sp³-hybridized carbons (Fsp3) is 0.375. The highest BCUT2D eigenvalue weighted by Crippen LogP contribution is 2.33. The second-order valence-electron chi connectivity index (χ2n) is 2.77. The highest BCUT2D eigenvalue weighted by Gasteiger charge is 2.34. The number of alkyl halides is 5. The molecule has 1 heterocycles. The largest absolute Gasteiger partial charge is 0.416 e. The molecular formula is C8H7F5N2. The van der Waals surface area contributed by atoms with E-state index in [-0.39, 0.29) is 5.56 Å². The lowest BCUT2D eigenvalue weighted by molar-refractivity contribution is -0.138. The van der Waals surface area contributed by atoms with Crippen LogP contribution in [-0.2, 0) is 12.7 Å². The Labute approximate surface area is 81.9 Å². The third-order valence-corrected chi connectivity index (χ3v) is 1.76. The summed E-state index contributed by atoms with van der Waals surface area (Å²) in [5.74, 6) is 0. The first-order valence-electron chi connectivity index (χ1n) is 3.90. The lowest BCUT2D eigenvalue weighted by Gasteiger charge is -2.12. The lowest BCUT2D eigenvalue weighted by Crippen LogP contribution is -2.13. The molecule has 84 valence electrons. The second-order valence-corrected chi connectivity index (χ2v) is 2.77. The van der Waals surface area contributed by atoms with Gasteiger partial charge in [0.25, 0.3) is 6.43 Å². The van der Waals surface area contributed by atoms with E-state index >= 15 is 0 Å². The van der Waals surface area contributed by atoms with Gasteiger partial charge in [0.1, 0.15) is 5.69 Å². The number of aromatic nitrogens is 1. The van der Waals surface area contributed by atoms with Crippen molar-refractivity contribution in [2.45, 2.75) is 19.1 Å². The van der Waals surface area contributed by atoms with Gasteiger partial charge in [-0.1, -0.05) is 0 Å². The van der Waals surface area contributed by atoms with Crippen LogP contribution in [0.3, 0.4) is 0 Å². The molecule has 0 amide bonds. The van der Waals surface area contributed by atoms with Crippen LogP contribution in [0.15, 0.2) is 12.3 Å². The Morgan fingerprint density at radius 1 is 1.33 bits per heavy atom. The average molecular weight is 226 g/mol. The first-order chi connectivity index (χ1) is 6.86. The molecule has 2 nitrogen and oxygen atoms in total. The van der Waals surface area contributed by atoms with Crippen LogP contribution in [0.1, 0.15) is 23.2 Å². The van der Waals surface area contributed by atoms with Crippen LogP contribution < -0.4 is 5.73 Å². The maximum atomic E-state index is 12.4. The molecule has 0 aliphatic carbocycles. The predicted octanol–water partition coefficient (Wildman–Crippen LogP) is 2.50. The number of hydrogen-bond acceptors (Lipinski definition) is 2. The first-order valence-corrected chi connectivity index (χ1v) is 3.90. The van der Waals surface area contributed by atoms with Crippen LogP contribution in [0.2, 0.25) is 0 Å². The Balaban J connectivity index is 3.26. The van der Waals surface area contributed by atoms with Gasteiger partial charge in [-0.3, -0.25) is 4.98 Å². The highest BCUT2D eigenvalue weighted by molar-refractivity contribution is 5.29. The van der Waals surface area contributed by atoms with Gasteiger partial charge in [-0.15, -0.1) is 0 Å². The van der Waals surface area contributed by atoms with Gasteiger partial charge in [-0.05, 0) is 11.6 Å². The quantitative estimate of drug-likeness (QED) is 0.787. The summed E-state index contributed by atoms with van der Waals surface area (Å²) in [5, 5.41) is 0. The Bertz CT molecular complexity index is 347. The maximum absolute atomic E-state index is 12.4. The van der Waals surface area contributed by atoms with Crippen molar-refractivity contribution in [2.24, 2.45) is 5.73 Å². The number of pyridine rings is 1. The van der Waals surface area contributed by atoms with E-state index in [4.69, 9.17) is 5.73 Å². The normalized spacial score (nSPS) is 12.2. The summed E-state index contributed by atoms with van der Waals surface area (Å²) >= 11 is 0. The Hall–Kier alpha value is -1.24. The maximum Gasteiger partial charge on any atom is 0.416 e. The summed E-state index contributed by atoms with van der Waals surface area (Å²) in [7, 11) is 0. The molecule has 0 bridgehead atoms. The average Bonchev–Trinajstić information content (AvgIpc) is 2.15. The van der Waals surface area contributed by atoms with Crippen molar-refractivity contribution in [3.05, 3.63) is 29.1 Å². The van der Waals surface area contributed by atoms with E-state index in [1.54, 1.807) is 0 Å². The van der Waals surface area contributed by atoms with Crippen LogP contribution in [0.25, 0.3) is 0 Å². The van der Waals surface area contributed by atoms with Crippen molar-refractivity contribution >= 4 is 0 Å². The summed E-state index contributed by atoms with van der Waals surface area (Å²) in [4.78, 5) is 3.19. The van der Waals surface area contributed by atoms with Crippen molar-refractivity contribution in [1.29, 1.82) is 0 Å². The van der Waals surface area contributed by atoms with E-state index in [0.717, 1.165) is 6.20 Å². The predicted molar refractivity (Wildman–Crippen MR) is 42.1 cm³/mol. The van der Waals surface area contributed by atoms with Gasteiger partial charge in [0.05, 0.1) is 5.56 Å². The van der Waals surface area contributed by atoms with Crippen LogP contribution >= 0.6 is 0 Å². The molecule has 0 saturated carbocycles. The van der Waals surface area contributed by atoms with Gasteiger partial charge in [-0.2, -0.15) is 13.2 Å². The molecule has 2 N–H and O–H groups in total. The molecule has 0 atom stereocenters. The molecule has 0 unspecified atom stereocenters. The van der Waals surface area contributed by atoms with Gasteiger partial charge in [0.2, 0.25) is 0 Å². The molecule has 0 aliphatic heterocycles. The van der Waals surface area contributed by atoms with Crippen molar-refractivity contribution < 1.29 is 22.0 Å². The zero-order valence-corrected chi connectivity index (χ0v) is 7.35. The van der Waals surface area contributed by atoms with E-state index in [0.29, 0.717) is 6.07 Å². The smallest absolute Gasteiger partial charge is 0.326 e. The van der Waals surface area contributed by atoms with Gasteiger partial charge in [0.15, 0.2) is 0 Å². The van der Waals surface area contributed by atoms with Crippen LogP contribution in [0, 0.1) is 0 Å². The molecule has 0 aliphatic rings. The topological polar surface area (TPSA) is 38.9 Å². The molecule has 15 heavy (non-hydrogen) atoms. The SMILES string of the molecule is NCc1cnc(C(F)F)cc1C(F)(F)F. The molecule has 0 fully saturated rings. The number of rotatable bonds is 2. The van der Waals surface area contributed by atoms with E-state index in [9.17, 15) is 22.0 Å². The minimum Gasteiger partial charge on any atom is -0.326 e. The molecule has 0 radical (unpaired) electrons. The zero-order chi connectivity index (χ0) is 11.6. The molecule has 0 aromatic carbocycles. The second kappa shape index (κ2) is 4.09. The van der Waals surface area contributed by atoms with Gasteiger partial charge in [0, 0.05) is 12.7 Å². The summed E-state index contributed by atoms with van der Waals surface area (Å²) in [5.41, 5.74) is 2.69. The number of hydrogen-bond donors (Lipinski definition) is 1. The van der Waals surface area contributed by atoms with Gasteiger partial charge < -0.3 is 5.73 Å². The standard InChI is InChI=1S/C8H7F5N2/c9-7(10)6-1-5(8(11,12)13)4(2-14)3-15-6/h1,3,7H,2,14H2. The minimum atomic E-state index is -4.69. The zero-order valence-electron chi connectivity index (χ0n) is 7.35. The summed E-state index contributed by atoms with van der Waals surface area (Å²) in [6, 6.07) is 0.326. The van der Waals surface area contributed by atoms with Crippen LogP contribution in [-0.4, -0.2) is 4.98 Å². The van der Waals surface area contributed by atoms with E-state index in [1.807, 2.05) is 0 Å². The lowest BCUT2D eigenvalue weighted by atomic mass is 10.1. The van der Waals surface area contributed by atoms with Crippen molar-refractivity contribution in [2.75, 3.05) is 0 Å². The van der Waals surface area contributed by atoms with Crippen LogP contribution in [0.5, 0.6) is 0 Å². The number of nitrogens with zero attached hydrogens (tertiary/aromatic N) is 1. The van der Waals surface area contributed by atoms with E-state index < -0.39 is 30.4 Å². The van der Waals surface area contributed by atoms with Crippen molar-refractivity contribution in [3.63, 3.8) is 0 Å². The summed E-state index contributed by atoms with van der Waals surface area (Å²) in [6.45, 7) is -0.397. The molecule has 0 spiro atoms. The fourth-order valence-electron chi connectivity index (χ4n) is 1.05. The van der Waals surface area contributed by atoms with Gasteiger partial charge >= 0.3 is 6.18 Å². The van der Waals surface area contributed by atoms with Crippen molar-refractivity contribution in [1.82, 2.24) is 4.98 Å². The van der Waals surface area contributed by atoms with E-state index in [2.05, 4.69) is 4.98 Å². The van der Waals surface area contributed by atoms with Crippen molar-refractivity contribution in [3.8, 4) is 0 Å². The number of halogens is 5. The first kappa shape index (κ1) is 11.8. The Morgan fingerprint density at radius 2 is 1.93 bits per heavy atom. The van der Waals surface area contributed by atoms with Crippen LogP contribution in [0.4, 0.5) is 22.0 Å². The fourth-order valence-corrected chi connectivity index (χ4v) is 1.05. The third-order valence-electron chi connectivity index (χ3n) is 1.76. The van der Waals surface area contributed by atoms with Gasteiger partial charge in [-0.25, -0.2) is 8.78 Å². The summed E-state index contributed by atoms with van der Waals surface area (Å²) < 4.78 is 61.3. The number of nitrogens with two attached hydrogens (primary N) is 1.